The molecule has 3 atom stereocenters. The van der Waals surface area contributed by atoms with E-state index in [4.69, 9.17) is 28.1 Å². The molecule has 1 aromatic heterocycles. The highest BCUT2D eigenvalue weighted by Crippen LogP contribution is 2.45. The predicted octanol–water partition coefficient (Wildman–Crippen LogP) is 3.40. The minimum atomic E-state index is 0.148. The van der Waals surface area contributed by atoms with E-state index in [-0.39, 0.29) is 12.0 Å². The van der Waals surface area contributed by atoms with Crippen LogP contribution in [0.15, 0.2) is 29.8 Å². The third-order valence-corrected chi connectivity index (χ3v) is 5.14. The molecule has 1 heterocycles. The monoisotopic (exact) mass is 299 g/mol. The molecular weight excluding hydrogens is 282 g/mol. The fourth-order valence-electron chi connectivity index (χ4n) is 3.94. The minimum absolute atomic E-state index is 0.148. The van der Waals surface area contributed by atoms with Crippen LogP contribution in [0.2, 0.25) is 5.02 Å². The van der Waals surface area contributed by atoms with Crippen molar-refractivity contribution in [1.82, 2.24) is 4.98 Å². The summed E-state index contributed by atoms with van der Waals surface area (Å²) in [6.45, 7) is 2.18. The van der Waals surface area contributed by atoms with Crippen LogP contribution in [0.5, 0.6) is 0 Å². The molecule has 2 aliphatic carbocycles. The predicted molar refractivity (Wildman–Crippen MR) is 87.4 cm³/mol. The van der Waals surface area contributed by atoms with E-state index in [0.717, 1.165) is 35.1 Å². The highest BCUT2D eigenvalue weighted by molar-refractivity contribution is 6.31. The van der Waals surface area contributed by atoms with E-state index < -0.39 is 0 Å². The lowest BCUT2D eigenvalue weighted by molar-refractivity contribution is 0.366. The fraction of sp³-hybridized carbons (Fsp3) is 0.353. The summed E-state index contributed by atoms with van der Waals surface area (Å²) in [5.41, 5.74) is 18.3. The van der Waals surface area contributed by atoms with Crippen LogP contribution in [-0.4, -0.2) is 11.0 Å². The van der Waals surface area contributed by atoms with Crippen LogP contribution in [0.4, 0.5) is 5.69 Å². The number of aromatic nitrogens is 1. The molecule has 0 fully saturated rings. The SMILES string of the molecule is CC1=C[C@H]2Cc3nc4cc(Cl)ccc4c(N)c3[C@@H](C1)[C@@H]2N. The minimum Gasteiger partial charge on any atom is -0.398 e. The number of halogens is 1. The Morgan fingerprint density at radius 1 is 1.29 bits per heavy atom. The highest BCUT2D eigenvalue weighted by Gasteiger charge is 2.38. The van der Waals surface area contributed by atoms with E-state index in [1.54, 1.807) is 0 Å². The summed E-state index contributed by atoms with van der Waals surface area (Å²) in [7, 11) is 0. The van der Waals surface area contributed by atoms with E-state index >= 15 is 0 Å². The van der Waals surface area contributed by atoms with Crippen LogP contribution < -0.4 is 11.5 Å². The van der Waals surface area contributed by atoms with Gasteiger partial charge in [0.25, 0.3) is 0 Å². The smallest absolute Gasteiger partial charge is 0.0741 e. The molecule has 0 saturated carbocycles. The Morgan fingerprint density at radius 2 is 2.10 bits per heavy atom. The summed E-state index contributed by atoms with van der Waals surface area (Å²) < 4.78 is 0. The number of hydrogen-bond acceptors (Lipinski definition) is 3. The molecule has 2 aliphatic rings. The van der Waals surface area contributed by atoms with Crippen LogP contribution in [0.25, 0.3) is 10.9 Å². The molecule has 0 aliphatic heterocycles. The van der Waals surface area contributed by atoms with E-state index in [0.29, 0.717) is 10.9 Å². The van der Waals surface area contributed by atoms with Crippen molar-refractivity contribution in [2.45, 2.75) is 31.7 Å². The summed E-state index contributed by atoms with van der Waals surface area (Å²) in [5, 5.41) is 1.67. The van der Waals surface area contributed by atoms with Gasteiger partial charge >= 0.3 is 0 Å². The van der Waals surface area contributed by atoms with Gasteiger partial charge in [0.1, 0.15) is 0 Å². The molecule has 0 saturated heterocycles. The van der Waals surface area contributed by atoms with Crippen molar-refractivity contribution in [3.63, 3.8) is 0 Å². The number of rotatable bonds is 0. The second-order valence-corrected chi connectivity index (χ2v) is 6.75. The molecule has 0 spiro atoms. The van der Waals surface area contributed by atoms with Gasteiger partial charge in [0.2, 0.25) is 0 Å². The number of anilines is 1. The van der Waals surface area contributed by atoms with Gasteiger partial charge in [0.05, 0.1) is 5.52 Å². The van der Waals surface area contributed by atoms with E-state index in [1.165, 1.54) is 11.1 Å². The maximum atomic E-state index is 6.47. The molecule has 108 valence electrons. The first-order chi connectivity index (χ1) is 10.0. The van der Waals surface area contributed by atoms with Crippen molar-refractivity contribution in [3.8, 4) is 0 Å². The quantitative estimate of drug-likeness (QED) is 0.733. The van der Waals surface area contributed by atoms with Gasteiger partial charge in [0.15, 0.2) is 0 Å². The van der Waals surface area contributed by atoms with Gasteiger partial charge < -0.3 is 11.5 Å². The standard InChI is InChI=1S/C17H18ClN3/c1-8-4-9-6-14-15(12(5-8)16(9)19)17(20)11-3-2-10(18)7-13(11)21-14/h2-4,7,9,12,16H,5-6,19H2,1H3,(H2,20,21)/t9-,12+,16+/m0/s1. The molecule has 2 aromatic rings. The van der Waals surface area contributed by atoms with E-state index in [1.807, 2.05) is 18.2 Å². The van der Waals surface area contributed by atoms with Crippen LogP contribution >= 0.6 is 11.6 Å². The van der Waals surface area contributed by atoms with Crippen molar-refractivity contribution in [1.29, 1.82) is 0 Å². The molecule has 3 nitrogen and oxygen atoms in total. The molecular formula is C17H18ClN3. The van der Waals surface area contributed by atoms with Crippen molar-refractivity contribution in [3.05, 3.63) is 46.1 Å². The summed E-state index contributed by atoms with van der Waals surface area (Å²) in [4.78, 5) is 4.83. The fourth-order valence-corrected chi connectivity index (χ4v) is 4.11. The van der Waals surface area contributed by atoms with E-state index in [9.17, 15) is 0 Å². The molecule has 0 amide bonds. The Labute approximate surface area is 129 Å². The van der Waals surface area contributed by atoms with Gasteiger partial charge in [-0.2, -0.15) is 0 Å². The Kier molecular flexibility index (Phi) is 2.78. The highest BCUT2D eigenvalue weighted by atomic mass is 35.5. The molecule has 2 bridgehead atoms. The second kappa shape index (κ2) is 4.46. The number of allylic oxidation sites excluding steroid dienone is 1. The lowest BCUT2D eigenvalue weighted by atomic mass is 9.68. The summed E-state index contributed by atoms with van der Waals surface area (Å²) in [5.74, 6) is 0.663. The average molecular weight is 300 g/mol. The second-order valence-electron chi connectivity index (χ2n) is 6.32. The van der Waals surface area contributed by atoms with Gasteiger partial charge in [-0.05, 0) is 43.9 Å². The topological polar surface area (TPSA) is 64.9 Å². The van der Waals surface area contributed by atoms with Crippen molar-refractivity contribution in [2.24, 2.45) is 11.7 Å². The number of fused-ring (bicyclic) bond motifs is 5. The number of nitrogens with two attached hydrogens (primary N) is 2. The zero-order chi connectivity index (χ0) is 14.7. The van der Waals surface area contributed by atoms with Crippen LogP contribution in [-0.2, 0) is 6.42 Å². The molecule has 21 heavy (non-hydrogen) atoms. The average Bonchev–Trinajstić information content (AvgIpc) is 2.41. The van der Waals surface area contributed by atoms with Crippen LogP contribution in [0, 0.1) is 5.92 Å². The lowest BCUT2D eigenvalue weighted by Gasteiger charge is -2.40. The zero-order valence-electron chi connectivity index (χ0n) is 11.9. The maximum Gasteiger partial charge on any atom is 0.0741 e. The Hall–Kier alpha value is -1.58. The normalized spacial score (nSPS) is 27.4. The third-order valence-electron chi connectivity index (χ3n) is 4.91. The number of hydrogen-bond donors (Lipinski definition) is 2. The first-order valence-electron chi connectivity index (χ1n) is 7.35. The first-order valence-corrected chi connectivity index (χ1v) is 7.73. The van der Waals surface area contributed by atoms with Gasteiger partial charge in [0, 0.05) is 39.3 Å². The number of nitrogen functional groups attached to an aromatic ring is 1. The Morgan fingerprint density at radius 3 is 2.90 bits per heavy atom. The van der Waals surface area contributed by atoms with Crippen molar-refractivity contribution < 1.29 is 0 Å². The molecule has 4 rings (SSSR count). The summed E-state index contributed by atoms with van der Waals surface area (Å²) in [6, 6.07) is 5.86. The largest absolute Gasteiger partial charge is 0.398 e. The van der Waals surface area contributed by atoms with Gasteiger partial charge in [-0.25, -0.2) is 0 Å². The van der Waals surface area contributed by atoms with Crippen LogP contribution in [0.3, 0.4) is 0 Å². The summed E-state index contributed by atoms with van der Waals surface area (Å²) >= 11 is 6.08. The maximum absolute atomic E-state index is 6.47. The van der Waals surface area contributed by atoms with Crippen LogP contribution in [0.1, 0.15) is 30.5 Å². The van der Waals surface area contributed by atoms with Gasteiger partial charge in [-0.3, -0.25) is 4.98 Å². The molecule has 1 aromatic carbocycles. The third kappa shape index (κ3) is 1.88. The van der Waals surface area contributed by atoms with Crippen molar-refractivity contribution >= 4 is 28.2 Å². The lowest BCUT2D eigenvalue weighted by Crippen LogP contribution is -2.43. The molecule has 0 unspecified atom stereocenters. The zero-order valence-corrected chi connectivity index (χ0v) is 12.7. The van der Waals surface area contributed by atoms with E-state index in [2.05, 4.69) is 13.0 Å². The molecule has 0 radical (unpaired) electrons. The number of nitrogens with zero attached hydrogens (tertiary/aromatic N) is 1. The van der Waals surface area contributed by atoms with Gasteiger partial charge in [-0.1, -0.05) is 23.3 Å². The first kappa shape index (κ1) is 13.1. The number of benzene rings is 1. The van der Waals surface area contributed by atoms with Gasteiger partial charge in [-0.15, -0.1) is 0 Å². The molecule has 4 heteroatoms. The molecule has 4 N–H and O–H groups in total. The summed E-state index contributed by atoms with van der Waals surface area (Å²) in [6.07, 6.45) is 4.16. The number of pyridine rings is 1. The Balaban J connectivity index is 1.99. The Bertz CT molecular complexity index is 781. The van der Waals surface area contributed by atoms with Crippen molar-refractivity contribution in [2.75, 3.05) is 5.73 Å².